The molecule has 2 atom stereocenters. The van der Waals surface area contributed by atoms with Gasteiger partial charge in [-0.25, -0.2) is 4.39 Å². The molecular weight excluding hydrogens is 459 g/mol. The number of likely N-dealkylation sites (tertiary alicyclic amines) is 1. The van der Waals surface area contributed by atoms with E-state index in [0.717, 1.165) is 34.7 Å². The molecule has 0 N–H and O–H groups in total. The molecule has 2 fully saturated rings. The van der Waals surface area contributed by atoms with Gasteiger partial charge in [-0.05, 0) is 54.8 Å². The third kappa shape index (κ3) is 4.55. The number of benzene rings is 3. The van der Waals surface area contributed by atoms with E-state index in [1.807, 2.05) is 53.4 Å². The molecule has 4 nitrogen and oxygen atoms in total. The summed E-state index contributed by atoms with van der Waals surface area (Å²) < 4.78 is 19.7. The van der Waals surface area contributed by atoms with Crippen LogP contribution in [0.4, 0.5) is 10.1 Å². The minimum atomic E-state index is -0.448. The zero-order valence-electron chi connectivity index (χ0n) is 18.0. The Hall–Kier alpha value is -2.70. The van der Waals surface area contributed by atoms with Crippen LogP contribution in [-0.2, 0) is 6.61 Å². The SMILES string of the molecule is O=C(c1ccc(F)cc1Cl)N1CC2CCC(C1)N2c1cc(S)ccc1OCc1ccccc1. The van der Waals surface area contributed by atoms with Gasteiger partial charge in [0.1, 0.15) is 18.2 Å². The van der Waals surface area contributed by atoms with Crippen molar-refractivity contribution in [3.05, 3.63) is 88.7 Å². The standard InChI is InChI=1S/C26H24ClFN2O2S/c27-23-12-18(28)6-10-22(23)26(31)29-14-19-7-8-20(15-29)30(19)24-13-21(33)9-11-25(24)32-16-17-4-2-1-3-5-17/h1-6,9-13,19-20,33H,7-8,14-16H2. The molecule has 0 radical (unpaired) electrons. The zero-order chi connectivity index (χ0) is 22.9. The lowest BCUT2D eigenvalue weighted by Crippen LogP contribution is -2.55. The van der Waals surface area contributed by atoms with Gasteiger partial charge in [-0.1, -0.05) is 41.9 Å². The van der Waals surface area contributed by atoms with E-state index in [4.69, 9.17) is 16.3 Å². The molecule has 2 aliphatic rings. The average molecular weight is 483 g/mol. The van der Waals surface area contributed by atoms with E-state index in [2.05, 4.69) is 17.5 Å². The Morgan fingerprint density at radius 2 is 1.76 bits per heavy atom. The normalized spacial score (nSPS) is 19.6. The Morgan fingerprint density at radius 3 is 2.45 bits per heavy atom. The van der Waals surface area contributed by atoms with Crippen LogP contribution in [0.15, 0.2) is 71.6 Å². The van der Waals surface area contributed by atoms with Gasteiger partial charge in [0.25, 0.3) is 5.91 Å². The van der Waals surface area contributed by atoms with Crippen molar-refractivity contribution in [1.29, 1.82) is 0 Å². The predicted octanol–water partition coefficient (Wildman–Crippen LogP) is 5.84. The first-order valence-corrected chi connectivity index (χ1v) is 11.8. The number of piperazine rings is 1. The summed E-state index contributed by atoms with van der Waals surface area (Å²) >= 11 is 10.7. The lowest BCUT2D eigenvalue weighted by molar-refractivity contribution is 0.0717. The van der Waals surface area contributed by atoms with Crippen LogP contribution < -0.4 is 9.64 Å². The van der Waals surface area contributed by atoms with E-state index in [9.17, 15) is 9.18 Å². The van der Waals surface area contributed by atoms with Gasteiger partial charge < -0.3 is 14.5 Å². The Kier molecular flexibility index (Phi) is 6.21. The van der Waals surface area contributed by atoms with Gasteiger partial charge in [-0.3, -0.25) is 4.79 Å². The van der Waals surface area contributed by atoms with Crippen molar-refractivity contribution in [3.8, 4) is 5.75 Å². The average Bonchev–Trinajstić information content (AvgIpc) is 3.07. The van der Waals surface area contributed by atoms with Crippen LogP contribution in [-0.4, -0.2) is 36.0 Å². The molecule has 3 aromatic carbocycles. The van der Waals surface area contributed by atoms with Crippen LogP contribution in [0.3, 0.4) is 0 Å². The molecule has 33 heavy (non-hydrogen) atoms. The number of ether oxygens (including phenoxy) is 1. The van der Waals surface area contributed by atoms with E-state index >= 15 is 0 Å². The highest BCUT2D eigenvalue weighted by Gasteiger charge is 2.42. The van der Waals surface area contributed by atoms with Gasteiger partial charge in [0, 0.05) is 30.1 Å². The number of hydrogen-bond donors (Lipinski definition) is 1. The number of halogens is 2. The third-order valence-corrected chi connectivity index (χ3v) is 6.98. The van der Waals surface area contributed by atoms with Crippen LogP contribution in [0.1, 0.15) is 28.8 Å². The highest BCUT2D eigenvalue weighted by Crippen LogP contribution is 2.41. The molecule has 2 bridgehead atoms. The molecule has 3 aromatic rings. The molecule has 0 spiro atoms. The van der Waals surface area contributed by atoms with Gasteiger partial charge in [0.2, 0.25) is 0 Å². The Morgan fingerprint density at radius 1 is 1.03 bits per heavy atom. The quantitative estimate of drug-likeness (QED) is 0.464. The molecule has 2 saturated heterocycles. The maximum absolute atomic E-state index is 13.4. The maximum atomic E-state index is 13.4. The molecule has 0 aliphatic carbocycles. The van der Waals surface area contributed by atoms with Crippen LogP contribution in [0.25, 0.3) is 0 Å². The maximum Gasteiger partial charge on any atom is 0.255 e. The molecule has 0 saturated carbocycles. The number of nitrogens with zero attached hydrogens (tertiary/aromatic N) is 2. The van der Waals surface area contributed by atoms with Crippen molar-refractivity contribution in [2.75, 3.05) is 18.0 Å². The fourth-order valence-electron chi connectivity index (χ4n) is 4.86. The Bertz CT molecular complexity index is 1160. The molecule has 2 unspecified atom stereocenters. The van der Waals surface area contributed by atoms with Crippen LogP contribution in [0.5, 0.6) is 5.75 Å². The van der Waals surface area contributed by atoms with E-state index < -0.39 is 5.82 Å². The zero-order valence-corrected chi connectivity index (χ0v) is 19.6. The number of carbonyl (C=O) groups excluding carboxylic acids is 1. The summed E-state index contributed by atoms with van der Waals surface area (Å²) in [5, 5.41) is 0.147. The number of thiol groups is 1. The summed E-state index contributed by atoms with van der Waals surface area (Å²) in [6.07, 6.45) is 1.97. The largest absolute Gasteiger partial charge is 0.487 e. The first-order valence-electron chi connectivity index (χ1n) is 11.0. The van der Waals surface area contributed by atoms with Crippen molar-refractivity contribution in [1.82, 2.24) is 4.90 Å². The fraction of sp³-hybridized carbons (Fsp3) is 0.269. The summed E-state index contributed by atoms with van der Waals surface area (Å²) in [6, 6.07) is 20.3. The minimum Gasteiger partial charge on any atom is -0.487 e. The lowest BCUT2D eigenvalue weighted by Gasteiger charge is -2.43. The number of amides is 1. The smallest absolute Gasteiger partial charge is 0.255 e. The molecular formula is C26H24ClFN2O2S. The summed E-state index contributed by atoms with van der Waals surface area (Å²) in [4.78, 5) is 18.2. The van der Waals surface area contributed by atoms with Crippen molar-refractivity contribution < 1.29 is 13.9 Å². The third-order valence-electron chi connectivity index (χ3n) is 6.39. The van der Waals surface area contributed by atoms with Gasteiger partial charge in [-0.2, -0.15) is 0 Å². The molecule has 0 aromatic heterocycles. The molecule has 2 aliphatic heterocycles. The molecule has 7 heteroatoms. The van der Waals surface area contributed by atoms with Gasteiger partial charge in [0.15, 0.2) is 0 Å². The molecule has 2 heterocycles. The highest BCUT2D eigenvalue weighted by molar-refractivity contribution is 7.80. The molecule has 170 valence electrons. The van der Waals surface area contributed by atoms with Crippen molar-refractivity contribution >= 4 is 35.8 Å². The summed E-state index contributed by atoms with van der Waals surface area (Å²) in [5.74, 6) is 0.214. The van der Waals surface area contributed by atoms with Gasteiger partial charge in [0.05, 0.1) is 16.3 Å². The first kappa shape index (κ1) is 22.1. The van der Waals surface area contributed by atoms with Crippen LogP contribution in [0, 0.1) is 5.82 Å². The topological polar surface area (TPSA) is 32.8 Å². The molecule has 1 amide bonds. The van der Waals surface area contributed by atoms with Crippen LogP contribution >= 0.6 is 24.2 Å². The lowest BCUT2D eigenvalue weighted by atomic mass is 10.1. The second-order valence-electron chi connectivity index (χ2n) is 8.55. The number of rotatable bonds is 5. The number of hydrogen-bond acceptors (Lipinski definition) is 4. The Labute approximate surface area is 203 Å². The second kappa shape index (κ2) is 9.27. The fourth-order valence-corrected chi connectivity index (χ4v) is 5.31. The highest BCUT2D eigenvalue weighted by atomic mass is 35.5. The Balaban J connectivity index is 1.36. The minimum absolute atomic E-state index is 0.147. The van der Waals surface area contributed by atoms with Crippen molar-refractivity contribution in [3.63, 3.8) is 0 Å². The first-order chi connectivity index (χ1) is 16.0. The number of carbonyl (C=O) groups is 1. The summed E-state index contributed by atoms with van der Waals surface area (Å²) in [5.41, 5.74) is 2.46. The number of anilines is 1. The predicted molar refractivity (Wildman–Crippen MR) is 131 cm³/mol. The van der Waals surface area contributed by atoms with E-state index in [0.29, 0.717) is 25.3 Å². The number of fused-ring (bicyclic) bond motifs is 2. The van der Waals surface area contributed by atoms with E-state index in [1.165, 1.54) is 18.2 Å². The molecule has 5 rings (SSSR count). The van der Waals surface area contributed by atoms with E-state index in [-0.39, 0.29) is 23.0 Å². The summed E-state index contributed by atoms with van der Waals surface area (Å²) in [7, 11) is 0. The van der Waals surface area contributed by atoms with Crippen molar-refractivity contribution in [2.45, 2.75) is 36.4 Å². The van der Waals surface area contributed by atoms with Gasteiger partial charge >= 0.3 is 0 Å². The van der Waals surface area contributed by atoms with Crippen molar-refractivity contribution in [2.24, 2.45) is 0 Å². The van der Waals surface area contributed by atoms with Gasteiger partial charge in [-0.15, -0.1) is 12.6 Å². The van der Waals surface area contributed by atoms with Crippen LogP contribution in [0.2, 0.25) is 5.02 Å². The van der Waals surface area contributed by atoms with E-state index in [1.54, 1.807) is 0 Å². The monoisotopic (exact) mass is 482 g/mol. The summed E-state index contributed by atoms with van der Waals surface area (Å²) in [6.45, 7) is 1.65. The second-order valence-corrected chi connectivity index (χ2v) is 9.48.